The standard InChI is InChI=1S/C12H15ClN2O2/c1-16-10-5-4-9(8-15-7-3-6-14)11(13)12(10)17-2/h4-5,15H,3,7-8H2,1-2H3. The largest absolute Gasteiger partial charge is 0.493 e. The van der Waals surface area contributed by atoms with Crippen molar-refractivity contribution in [3.63, 3.8) is 0 Å². The molecule has 1 N–H and O–H groups in total. The van der Waals surface area contributed by atoms with Gasteiger partial charge in [-0.15, -0.1) is 0 Å². The van der Waals surface area contributed by atoms with Gasteiger partial charge in [-0.25, -0.2) is 0 Å². The molecule has 92 valence electrons. The van der Waals surface area contributed by atoms with Crippen LogP contribution in [0.1, 0.15) is 12.0 Å². The summed E-state index contributed by atoms with van der Waals surface area (Å²) < 4.78 is 10.3. The van der Waals surface area contributed by atoms with Crippen molar-refractivity contribution in [2.24, 2.45) is 0 Å². The molecule has 0 fully saturated rings. The molecule has 0 bridgehead atoms. The lowest BCUT2D eigenvalue weighted by atomic mass is 10.2. The van der Waals surface area contributed by atoms with E-state index in [1.165, 1.54) is 0 Å². The van der Waals surface area contributed by atoms with Crippen LogP contribution in [0, 0.1) is 11.3 Å². The van der Waals surface area contributed by atoms with E-state index in [1.807, 2.05) is 12.1 Å². The van der Waals surface area contributed by atoms with Crippen LogP contribution in [0.25, 0.3) is 0 Å². The van der Waals surface area contributed by atoms with Gasteiger partial charge in [0.25, 0.3) is 0 Å². The summed E-state index contributed by atoms with van der Waals surface area (Å²) in [5.41, 5.74) is 0.919. The normalized spacial score (nSPS) is 9.76. The van der Waals surface area contributed by atoms with E-state index in [-0.39, 0.29) is 0 Å². The van der Waals surface area contributed by atoms with Gasteiger partial charge in [-0.05, 0) is 11.6 Å². The average molecular weight is 255 g/mol. The van der Waals surface area contributed by atoms with E-state index < -0.39 is 0 Å². The zero-order valence-corrected chi connectivity index (χ0v) is 10.7. The third kappa shape index (κ3) is 3.52. The van der Waals surface area contributed by atoms with Crippen molar-refractivity contribution >= 4 is 11.6 Å². The van der Waals surface area contributed by atoms with E-state index in [4.69, 9.17) is 26.3 Å². The van der Waals surface area contributed by atoms with Crippen LogP contribution in [0.2, 0.25) is 5.02 Å². The molecule has 0 aromatic heterocycles. The molecule has 0 heterocycles. The monoisotopic (exact) mass is 254 g/mol. The molecule has 17 heavy (non-hydrogen) atoms. The fourth-order valence-electron chi connectivity index (χ4n) is 1.43. The van der Waals surface area contributed by atoms with Crippen LogP contribution in [-0.2, 0) is 6.54 Å². The summed E-state index contributed by atoms with van der Waals surface area (Å²) in [4.78, 5) is 0. The van der Waals surface area contributed by atoms with Crippen molar-refractivity contribution in [2.75, 3.05) is 20.8 Å². The van der Waals surface area contributed by atoms with E-state index in [2.05, 4.69) is 11.4 Å². The Kier molecular flexibility index (Phi) is 5.61. The number of hydrogen-bond acceptors (Lipinski definition) is 4. The zero-order chi connectivity index (χ0) is 12.7. The van der Waals surface area contributed by atoms with Gasteiger partial charge in [0.15, 0.2) is 11.5 Å². The molecule has 0 spiro atoms. The molecule has 5 heteroatoms. The molecule has 0 amide bonds. The number of rotatable bonds is 6. The maximum atomic E-state index is 8.42. The van der Waals surface area contributed by atoms with Gasteiger partial charge in [0.2, 0.25) is 0 Å². The quantitative estimate of drug-likeness (QED) is 0.792. The zero-order valence-electron chi connectivity index (χ0n) is 9.92. The summed E-state index contributed by atoms with van der Waals surface area (Å²) in [6.07, 6.45) is 0.477. The Hall–Kier alpha value is -1.44. The first-order valence-corrected chi connectivity index (χ1v) is 5.59. The first-order valence-electron chi connectivity index (χ1n) is 5.21. The molecule has 0 unspecified atom stereocenters. The molecule has 0 saturated carbocycles. The van der Waals surface area contributed by atoms with Crippen LogP contribution in [0.3, 0.4) is 0 Å². The van der Waals surface area contributed by atoms with E-state index in [9.17, 15) is 0 Å². The lowest BCUT2D eigenvalue weighted by molar-refractivity contribution is 0.354. The predicted molar refractivity (Wildman–Crippen MR) is 66.5 cm³/mol. The van der Waals surface area contributed by atoms with Crippen molar-refractivity contribution in [3.05, 3.63) is 22.7 Å². The minimum Gasteiger partial charge on any atom is -0.493 e. The highest BCUT2D eigenvalue weighted by Gasteiger charge is 2.12. The second-order valence-electron chi connectivity index (χ2n) is 3.36. The number of benzene rings is 1. The number of nitriles is 1. The SMILES string of the molecule is COc1ccc(CNCCC#N)c(Cl)c1OC. The Bertz CT molecular complexity index is 416. The molecule has 0 atom stereocenters. The number of nitrogens with one attached hydrogen (secondary N) is 1. The lowest BCUT2D eigenvalue weighted by Crippen LogP contribution is -2.14. The Morgan fingerprint density at radius 3 is 2.71 bits per heavy atom. The molecule has 0 aliphatic rings. The number of nitrogens with zero attached hydrogens (tertiary/aromatic N) is 1. The third-order valence-electron chi connectivity index (χ3n) is 2.29. The van der Waals surface area contributed by atoms with Gasteiger partial charge in [0.05, 0.1) is 25.3 Å². The fourth-order valence-corrected chi connectivity index (χ4v) is 1.73. The maximum absolute atomic E-state index is 8.42. The number of ether oxygens (including phenoxy) is 2. The Balaban J connectivity index is 2.77. The van der Waals surface area contributed by atoms with Gasteiger partial charge in [-0.1, -0.05) is 17.7 Å². The molecule has 1 rings (SSSR count). The van der Waals surface area contributed by atoms with Crippen molar-refractivity contribution < 1.29 is 9.47 Å². The fraction of sp³-hybridized carbons (Fsp3) is 0.417. The molecule has 1 aromatic rings. The third-order valence-corrected chi connectivity index (χ3v) is 2.71. The summed E-state index contributed by atoms with van der Waals surface area (Å²) in [6, 6.07) is 5.76. The smallest absolute Gasteiger partial charge is 0.179 e. The minimum atomic E-state index is 0.477. The molecule has 0 aliphatic heterocycles. The average Bonchev–Trinajstić information content (AvgIpc) is 2.35. The van der Waals surface area contributed by atoms with Crippen LogP contribution in [0.4, 0.5) is 0 Å². The van der Waals surface area contributed by atoms with Crippen LogP contribution < -0.4 is 14.8 Å². The molecule has 0 aliphatic carbocycles. The van der Waals surface area contributed by atoms with Crippen LogP contribution >= 0.6 is 11.6 Å². The Labute approximate surface area is 106 Å². The highest BCUT2D eigenvalue weighted by molar-refractivity contribution is 6.33. The number of halogens is 1. The van der Waals surface area contributed by atoms with Crippen molar-refractivity contribution in [1.82, 2.24) is 5.32 Å². The lowest BCUT2D eigenvalue weighted by Gasteiger charge is -2.12. The molecule has 4 nitrogen and oxygen atoms in total. The van der Waals surface area contributed by atoms with Crippen molar-refractivity contribution in [1.29, 1.82) is 5.26 Å². The molecule has 0 saturated heterocycles. The van der Waals surface area contributed by atoms with Crippen LogP contribution in [0.5, 0.6) is 11.5 Å². The predicted octanol–water partition coefficient (Wildman–Crippen LogP) is 2.36. The van der Waals surface area contributed by atoms with Gasteiger partial charge in [0.1, 0.15) is 0 Å². The van der Waals surface area contributed by atoms with Crippen LogP contribution in [0.15, 0.2) is 12.1 Å². The number of methoxy groups -OCH3 is 2. The van der Waals surface area contributed by atoms with E-state index >= 15 is 0 Å². The highest BCUT2D eigenvalue weighted by atomic mass is 35.5. The maximum Gasteiger partial charge on any atom is 0.179 e. The second-order valence-corrected chi connectivity index (χ2v) is 3.74. The van der Waals surface area contributed by atoms with E-state index in [0.717, 1.165) is 5.56 Å². The summed E-state index contributed by atoms with van der Waals surface area (Å²) in [5, 5.41) is 12.1. The summed E-state index contributed by atoms with van der Waals surface area (Å²) >= 11 is 6.20. The molecular formula is C12H15ClN2O2. The molecule has 0 radical (unpaired) electrons. The minimum absolute atomic E-state index is 0.477. The van der Waals surface area contributed by atoms with E-state index in [0.29, 0.717) is 36.0 Å². The van der Waals surface area contributed by atoms with Gasteiger partial charge in [-0.3, -0.25) is 0 Å². The van der Waals surface area contributed by atoms with Crippen molar-refractivity contribution in [3.8, 4) is 17.6 Å². The summed E-state index contributed by atoms with van der Waals surface area (Å²) in [6.45, 7) is 1.24. The van der Waals surface area contributed by atoms with Crippen molar-refractivity contribution in [2.45, 2.75) is 13.0 Å². The van der Waals surface area contributed by atoms with E-state index in [1.54, 1.807) is 14.2 Å². The second kappa shape index (κ2) is 7.00. The van der Waals surface area contributed by atoms with Gasteiger partial charge >= 0.3 is 0 Å². The summed E-state index contributed by atoms with van der Waals surface area (Å²) in [7, 11) is 3.12. The highest BCUT2D eigenvalue weighted by Crippen LogP contribution is 2.37. The molecule has 1 aromatic carbocycles. The van der Waals surface area contributed by atoms with Gasteiger partial charge < -0.3 is 14.8 Å². The number of hydrogen-bond donors (Lipinski definition) is 1. The molecular weight excluding hydrogens is 240 g/mol. The van der Waals surface area contributed by atoms with Gasteiger partial charge in [0, 0.05) is 19.5 Å². The Morgan fingerprint density at radius 1 is 1.35 bits per heavy atom. The first kappa shape index (κ1) is 13.6. The Morgan fingerprint density at radius 2 is 2.12 bits per heavy atom. The first-order chi connectivity index (χ1) is 8.24. The summed E-state index contributed by atoms with van der Waals surface area (Å²) in [5.74, 6) is 1.15. The van der Waals surface area contributed by atoms with Crippen LogP contribution in [-0.4, -0.2) is 20.8 Å². The van der Waals surface area contributed by atoms with Gasteiger partial charge in [-0.2, -0.15) is 5.26 Å². The topological polar surface area (TPSA) is 54.3 Å².